The van der Waals surface area contributed by atoms with Gasteiger partial charge >= 0.3 is 5.97 Å². The second-order valence-corrected chi connectivity index (χ2v) is 6.95. The zero-order valence-electron chi connectivity index (χ0n) is 15.6. The molecule has 0 saturated carbocycles. The summed E-state index contributed by atoms with van der Waals surface area (Å²) in [6, 6.07) is 2.13. The third-order valence-electron chi connectivity index (χ3n) is 4.48. The Kier molecular flexibility index (Phi) is 7.46. The number of hydrogen-bond acceptors (Lipinski definition) is 6. The second-order valence-electron chi connectivity index (χ2n) is 5.99. The van der Waals surface area contributed by atoms with Crippen molar-refractivity contribution >= 4 is 23.6 Å². The van der Waals surface area contributed by atoms with E-state index in [0.717, 1.165) is 36.9 Å². The highest BCUT2D eigenvalue weighted by molar-refractivity contribution is 8.00. The van der Waals surface area contributed by atoms with Gasteiger partial charge in [0.25, 0.3) is 0 Å². The predicted molar refractivity (Wildman–Crippen MR) is 100 cm³/mol. The number of pyridine rings is 1. The summed E-state index contributed by atoms with van der Waals surface area (Å²) in [4.78, 5) is 31.2. The van der Waals surface area contributed by atoms with Crippen molar-refractivity contribution in [2.24, 2.45) is 0 Å². The van der Waals surface area contributed by atoms with Crippen LogP contribution in [0.3, 0.4) is 0 Å². The van der Waals surface area contributed by atoms with Gasteiger partial charge in [0, 0.05) is 18.8 Å². The number of ether oxygens (including phenoxy) is 1. The van der Waals surface area contributed by atoms with Crippen LogP contribution in [0, 0.1) is 11.3 Å². The van der Waals surface area contributed by atoms with Crippen LogP contribution < -0.4 is 0 Å². The first-order valence-corrected chi connectivity index (χ1v) is 10.1. The van der Waals surface area contributed by atoms with E-state index in [9.17, 15) is 14.9 Å². The fraction of sp³-hybridized carbons (Fsp3) is 0.579. The van der Waals surface area contributed by atoms with E-state index < -0.39 is 5.97 Å². The molecule has 0 aliphatic heterocycles. The van der Waals surface area contributed by atoms with Crippen molar-refractivity contribution in [3.8, 4) is 6.07 Å². The molecule has 0 radical (unpaired) electrons. The van der Waals surface area contributed by atoms with Crippen LogP contribution in [0.1, 0.15) is 60.8 Å². The highest BCUT2D eigenvalue weighted by Crippen LogP contribution is 2.32. The molecule has 0 atom stereocenters. The Bertz CT molecular complexity index is 724. The summed E-state index contributed by atoms with van der Waals surface area (Å²) in [7, 11) is 0. The lowest BCUT2D eigenvalue weighted by atomic mass is 9.90. The lowest BCUT2D eigenvalue weighted by molar-refractivity contribution is -0.127. The maximum absolute atomic E-state index is 12.5. The van der Waals surface area contributed by atoms with E-state index in [-0.39, 0.29) is 23.8 Å². The van der Waals surface area contributed by atoms with E-state index in [1.165, 1.54) is 11.8 Å². The van der Waals surface area contributed by atoms with Gasteiger partial charge in [0.15, 0.2) is 0 Å². The van der Waals surface area contributed by atoms with Gasteiger partial charge in [-0.25, -0.2) is 9.78 Å². The van der Waals surface area contributed by atoms with Crippen LogP contribution in [0.25, 0.3) is 0 Å². The number of amides is 1. The molecule has 1 aliphatic carbocycles. The highest BCUT2D eigenvalue weighted by atomic mass is 32.2. The molecule has 0 unspecified atom stereocenters. The van der Waals surface area contributed by atoms with Crippen molar-refractivity contribution in [1.29, 1.82) is 5.26 Å². The Balaban J connectivity index is 2.40. The van der Waals surface area contributed by atoms with Gasteiger partial charge in [-0.05, 0) is 52.0 Å². The third-order valence-corrected chi connectivity index (χ3v) is 5.44. The van der Waals surface area contributed by atoms with E-state index in [4.69, 9.17) is 4.74 Å². The van der Waals surface area contributed by atoms with Gasteiger partial charge in [-0.1, -0.05) is 11.8 Å². The Morgan fingerprint density at radius 2 is 1.92 bits per heavy atom. The predicted octanol–water partition coefficient (Wildman–Crippen LogP) is 2.97. The Labute approximate surface area is 158 Å². The zero-order valence-corrected chi connectivity index (χ0v) is 16.4. The number of nitriles is 1. The molecule has 0 saturated heterocycles. The summed E-state index contributed by atoms with van der Waals surface area (Å²) in [6.45, 7) is 7.16. The summed E-state index contributed by atoms with van der Waals surface area (Å²) in [5.74, 6) is -0.271. The average Bonchev–Trinajstić information content (AvgIpc) is 2.66. The van der Waals surface area contributed by atoms with E-state index in [1.54, 1.807) is 11.8 Å². The number of carbonyl (C=O) groups is 2. The van der Waals surface area contributed by atoms with Crippen LogP contribution >= 0.6 is 11.8 Å². The fourth-order valence-electron chi connectivity index (χ4n) is 3.15. The SMILES string of the molecule is CCOC(=O)c1c(C#N)c(SCC(=O)N(CC)CC)nc2c1CCCC2. The number of aryl methyl sites for hydroxylation is 1. The largest absolute Gasteiger partial charge is 0.462 e. The van der Waals surface area contributed by atoms with Crippen molar-refractivity contribution in [3.63, 3.8) is 0 Å². The first-order chi connectivity index (χ1) is 12.6. The summed E-state index contributed by atoms with van der Waals surface area (Å²) < 4.78 is 5.19. The Morgan fingerprint density at radius 3 is 2.54 bits per heavy atom. The van der Waals surface area contributed by atoms with Crippen molar-refractivity contribution in [2.75, 3.05) is 25.4 Å². The monoisotopic (exact) mass is 375 g/mol. The summed E-state index contributed by atoms with van der Waals surface area (Å²) in [5, 5.41) is 10.1. The maximum atomic E-state index is 12.5. The summed E-state index contributed by atoms with van der Waals surface area (Å²) in [5.41, 5.74) is 2.28. The molecule has 1 aromatic rings. The second kappa shape index (κ2) is 9.58. The quantitative estimate of drug-likeness (QED) is 0.538. The van der Waals surface area contributed by atoms with E-state index in [2.05, 4.69) is 11.1 Å². The number of fused-ring (bicyclic) bond motifs is 1. The molecule has 1 aliphatic rings. The van der Waals surface area contributed by atoms with Gasteiger partial charge in [0.1, 0.15) is 11.1 Å². The molecule has 0 N–H and O–H groups in total. The molecule has 6 nitrogen and oxygen atoms in total. The summed E-state index contributed by atoms with van der Waals surface area (Å²) >= 11 is 1.23. The first kappa shape index (κ1) is 20.2. The van der Waals surface area contributed by atoms with Crippen LogP contribution in [0.5, 0.6) is 0 Å². The van der Waals surface area contributed by atoms with Crippen LogP contribution in [-0.4, -0.2) is 47.2 Å². The minimum atomic E-state index is -0.471. The fourth-order valence-corrected chi connectivity index (χ4v) is 4.06. The van der Waals surface area contributed by atoms with Crippen LogP contribution in [0.15, 0.2) is 5.03 Å². The number of nitrogens with zero attached hydrogens (tertiary/aromatic N) is 3. The summed E-state index contributed by atoms with van der Waals surface area (Å²) in [6.07, 6.45) is 3.50. The van der Waals surface area contributed by atoms with Crippen molar-refractivity contribution in [3.05, 3.63) is 22.4 Å². The molecule has 26 heavy (non-hydrogen) atoms. The highest BCUT2D eigenvalue weighted by Gasteiger charge is 2.27. The molecule has 7 heteroatoms. The van der Waals surface area contributed by atoms with Crippen molar-refractivity contribution in [1.82, 2.24) is 9.88 Å². The van der Waals surface area contributed by atoms with Gasteiger partial charge in [-0.15, -0.1) is 0 Å². The topological polar surface area (TPSA) is 83.3 Å². The van der Waals surface area contributed by atoms with Crippen LogP contribution in [0.4, 0.5) is 0 Å². The van der Waals surface area contributed by atoms with Gasteiger partial charge < -0.3 is 9.64 Å². The molecule has 2 rings (SSSR count). The van der Waals surface area contributed by atoms with Gasteiger partial charge in [-0.2, -0.15) is 5.26 Å². The standard InChI is InChI=1S/C19H25N3O3S/c1-4-22(5-2)16(23)12-26-18-14(11-20)17(19(24)25-6-3)13-9-7-8-10-15(13)21-18/h4-10,12H2,1-3H3. The minimum absolute atomic E-state index is 0.00101. The van der Waals surface area contributed by atoms with Crippen LogP contribution in [-0.2, 0) is 22.4 Å². The Morgan fingerprint density at radius 1 is 1.23 bits per heavy atom. The molecule has 0 aromatic carbocycles. The number of aromatic nitrogens is 1. The lowest BCUT2D eigenvalue weighted by Gasteiger charge is -2.21. The molecule has 1 heterocycles. The first-order valence-electron chi connectivity index (χ1n) is 9.10. The van der Waals surface area contributed by atoms with E-state index in [0.29, 0.717) is 23.7 Å². The molecular weight excluding hydrogens is 350 g/mol. The van der Waals surface area contributed by atoms with Crippen LogP contribution in [0.2, 0.25) is 0 Å². The molecule has 0 fully saturated rings. The van der Waals surface area contributed by atoms with Crippen molar-refractivity contribution < 1.29 is 14.3 Å². The average molecular weight is 375 g/mol. The number of carbonyl (C=O) groups excluding carboxylic acids is 2. The molecule has 0 bridgehead atoms. The third kappa shape index (κ3) is 4.36. The number of hydrogen-bond donors (Lipinski definition) is 0. The normalized spacial score (nSPS) is 12.8. The molecular formula is C19H25N3O3S. The van der Waals surface area contributed by atoms with Gasteiger partial charge in [0.05, 0.1) is 23.5 Å². The number of rotatable bonds is 7. The van der Waals surface area contributed by atoms with Gasteiger partial charge in [-0.3, -0.25) is 4.79 Å². The molecule has 1 amide bonds. The van der Waals surface area contributed by atoms with Crippen molar-refractivity contribution in [2.45, 2.75) is 51.5 Å². The smallest absolute Gasteiger partial charge is 0.339 e. The van der Waals surface area contributed by atoms with Gasteiger partial charge in [0.2, 0.25) is 5.91 Å². The Hall–Kier alpha value is -2.07. The molecule has 1 aromatic heterocycles. The van der Waals surface area contributed by atoms with E-state index in [1.807, 2.05) is 13.8 Å². The van der Waals surface area contributed by atoms with E-state index >= 15 is 0 Å². The number of esters is 1. The lowest BCUT2D eigenvalue weighted by Crippen LogP contribution is -2.32. The molecule has 0 spiro atoms. The maximum Gasteiger partial charge on any atom is 0.339 e. The molecule has 140 valence electrons. The zero-order chi connectivity index (χ0) is 19.1. The minimum Gasteiger partial charge on any atom is -0.462 e. The number of thioether (sulfide) groups is 1.